The van der Waals surface area contributed by atoms with Crippen molar-refractivity contribution in [3.63, 3.8) is 0 Å². The number of benzene rings is 2. The van der Waals surface area contributed by atoms with Gasteiger partial charge in [0.15, 0.2) is 0 Å². The molecule has 0 aliphatic rings. The molecule has 0 fully saturated rings. The van der Waals surface area contributed by atoms with Gasteiger partial charge in [0, 0.05) is 5.56 Å². The van der Waals surface area contributed by atoms with Gasteiger partial charge >= 0.3 is 6.18 Å². The number of ether oxygens (including phenoxy) is 1. The van der Waals surface area contributed by atoms with Crippen LogP contribution in [0.15, 0.2) is 54.6 Å². The standard InChI is InChI=1S/C19H15F3N4O3/c1-29-12-8-6-11(7-9-12)15-10-16(24-23-15)18(28)26-25-17(27)13-4-2-3-5-14(13)19(20,21)22/h2-10H,1H3,(H,23,24)(H,25,27)(H,26,28). The van der Waals surface area contributed by atoms with Crippen LogP contribution in [0, 0.1) is 0 Å². The van der Waals surface area contributed by atoms with Gasteiger partial charge < -0.3 is 4.74 Å². The molecule has 0 bridgehead atoms. The molecule has 10 heteroatoms. The summed E-state index contributed by atoms with van der Waals surface area (Å²) >= 11 is 0. The van der Waals surface area contributed by atoms with Gasteiger partial charge in [-0.1, -0.05) is 12.1 Å². The Hall–Kier alpha value is -3.82. The van der Waals surface area contributed by atoms with Crippen LogP contribution in [0.5, 0.6) is 5.75 Å². The van der Waals surface area contributed by atoms with Crippen LogP contribution in [-0.4, -0.2) is 29.1 Å². The molecule has 3 N–H and O–H groups in total. The van der Waals surface area contributed by atoms with Gasteiger partial charge in [0.2, 0.25) is 0 Å². The molecule has 0 unspecified atom stereocenters. The second-order valence-electron chi connectivity index (χ2n) is 5.85. The zero-order valence-corrected chi connectivity index (χ0v) is 15.0. The highest BCUT2D eigenvalue weighted by Gasteiger charge is 2.34. The van der Waals surface area contributed by atoms with Gasteiger partial charge in [0.25, 0.3) is 11.8 Å². The van der Waals surface area contributed by atoms with Crippen LogP contribution in [0.2, 0.25) is 0 Å². The van der Waals surface area contributed by atoms with Gasteiger partial charge in [-0.05, 0) is 42.5 Å². The highest BCUT2D eigenvalue weighted by atomic mass is 19.4. The van der Waals surface area contributed by atoms with Gasteiger partial charge in [0.05, 0.1) is 23.9 Å². The summed E-state index contributed by atoms with van der Waals surface area (Å²) in [4.78, 5) is 24.2. The average Bonchev–Trinajstić information content (AvgIpc) is 3.21. The summed E-state index contributed by atoms with van der Waals surface area (Å²) in [5, 5.41) is 6.51. The maximum absolute atomic E-state index is 13.0. The molecule has 2 amide bonds. The van der Waals surface area contributed by atoms with E-state index < -0.39 is 29.1 Å². The number of amides is 2. The van der Waals surface area contributed by atoms with Crippen LogP contribution in [0.4, 0.5) is 13.2 Å². The minimum atomic E-state index is -4.70. The lowest BCUT2D eigenvalue weighted by molar-refractivity contribution is -0.137. The van der Waals surface area contributed by atoms with E-state index in [2.05, 4.69) is 15.6 Å². The molecule has 150 valence electrons. The van der Waals surface area contributed by atoms with E-state index in [1.807, 2.05) is 5.43 Å². The third kappa shape index (κ3) is 4.54. The first kappa shape index (κ1) is 19.9. The molecule has 3 rings (SSSR count). The Balaban J connectivity index is 1.67. The van der Waals surface area contributed by atoms with Gasteiger partial charge in [-0.25, -0.2) is 0 Å². The number of nitrogens with zero attached hydrogens (tertiary/aromatic N) is 1. The quantitative estimate of drug-likeness (QED) is 0.582. The number of nitrogens with one attached hydrogen (secondary N) is 3. The van der Waals surface area contributed by atoms with Gasteiger partial charge in [0.1, 0.15) is 11.4 Å². The first-order valence-electron chi connectivity index (χ1n) is 8.26. The number of aromatic amines is 1. The largest absolute Gasteiger partial charge is 0.497 e. The van der Waals surface area contributed by atoms with Crippen LogP contribution >= 0.6 is 0 Å². The molecule has 0 radical (unpaired) electrons. The normalized spacial score (nSPS) is 11.0. The Kier molecular flexibility index (Phi) is 5.53. The predicted molar refractivity (Wildman–Crippen MR) is 97.0 cm³/mol. The van der Waals surface area contributed by atoms with E-state index in [0.29, 0.717) is 17.0 Å². The van der Waals surface area contributed by atoms with Crippen molar-refractivity contribution in [3.05, 3.63) is 71.4 Å². The SMILES string of the molecule is COc1ccc(-c2cc(C(=O)NNC(=O)c3ccccc3C(F)(F)F)[nH]n2)cc1. The van der Waals surface area contributed by atoms with Crippen molar-refractivity contribution in [2.24, 2.45) is 0 Å². The highest BCUT2D eigenvalue weighted by Crippen LogP contribution is 2.31. The third-order valence-electron chi connectivity index (χ3n) is 3.97. The van der Waals surface area contributed by atoms with E-state index >= 15 is 0 Å². The number of alkyl halides is 3. The molecule has 3 aromatic rings. The molecule has 0 saturated carbocycles. The molecule has 0 aliphatic carbocycles. The lowest BCUT2D eigenvalue weighted by Crippen LogP contribution is -2.42. The Morgan fingerprint density at radius 1 is 1.00 bits per heavy atom. The predicted octanol–water partition coefficient (Wildman–Crippen LogP) is 3.18. The van der Waals surface area contributed by atoms with Crippen molar-refractivity contribution in [2.45, 2.75) is 6.18 Å². The minimum Gasteiger partial charge on any atom is -0.497 e. The van der Waals surface area contributed by atoms with Crippen molar-refractivity contribution < 1.29 is 27.5 Å². The molecule has 0 aliphatic heterocycles. The fraction of sp³-hybridized carbons (Fsp3) is 0.105. The molecule has 2 aromatic carbocycles. The molecule has 0 saturated heterocycles. The number of rotatable bonds is 4. The third-order valence-corrected chi connectivity index (χ3v) is 3.97. The van der Waals surface area contributed by atoms with E-state index in [1.54, 1.807) is 24.3 Å². The number of aromatic nitrogens is 2. The molecule has 29 heavy (non-hydrogen) atoms. The Morgan fingerprint density at radius 3 is 2.31 bits per heavy atom. The number of hydrazine groups is 1. The minimum absolute atomic E-state index is 0.0141. The fourth-order valence-corrected chi connectivity index (χ4v) is 2.52. The number of hydrogen-bond acceptors (Lipinski definition) is 4. The van der Waals surface area contributed by atoms with Crippen molar-refractivity contribution >= 4 is 11.8 Å². The molecule has 1 aromatic heterocycles. The Bertz CT molecular complexity index is 1030. The number of carbonyl (C=O) groups excluding carboxylic acids is 2. The maximum Gasteiger partial charge on any atom is 0.417 e. The highest BCUT2D eigenvalue weighted by molar-refractivity contribution is 5.99. The smallest absolute Gasteiger partial charge is 0.417 e. The molecule has 1 heterocycles. The number of carbonyl (C=O) groups is 2. The van der Waals surface area contributed by atoms with E-state index in [4.69, 9.17) is 4.74 Å². The topological polar surface area (TPSA) is 96.1 Å². The van der Waals surface area contributed by atoms with Crippen molar-refractivity contribution in [1.29, 1.82) is 0 Å². The van der Waals surface area contributed by atoms with Crippen LogP contribution in [0.25, 0.3) is 11.3 Å². The lowest BCUT2D eigenvalue weighted by atomic mass is 10.1. The second kappa shape index (κ2) is 8.05. The number of hydrogen-bond donors (Lipinski definition) is 3. The van der Waals surface area contributed by atoms with Crippen LogP contribution in [-0.2, 0) is 6.18 Å². The lowest BCUT2D eigenvalue weighted by Gasteiger charge is -2.12. The zero-order valence-electron chi connectivity index (χ0n) is 15.0. The van der Waals surface area contributed by atoms with E-state index in [9.17, 15) is 22.8 Å². The summed E-state index contributed by atoms with van der Waals surface area (Å²) in [5.74, 6) is -1.21. The first-order chi connectivity index (χ1) is 13.8. The summed E-state index contributed by atoms with van der Waals surface area (Å²) in [7, 11) is 1.54. The van der Waals surface area contributed by atoms with Gasteiger partial charge in [-0.15, -0.1) is 0 Å². The van der Waals surface area contributed by atoms with Gasteiger partial charge in [-0.2, -0.15) is 18.3 Å². The summed E-state index contributed by atoms with van der Waals surface area (Å²) in [6.45, 7) is 0. The average molecular weight is 404 g/mol. The monoisotopic (exact) mass is 404 g/mol. The van der Waals surface area contributed by atoms with Crippen molar-refractivity contribution in [2.75, 3.05) is 7.11 Å². The van der Waals surface area contributed by atoms with Crippen molar-refractivity contribution in [1.82, 2.24) is 21.0 Å². The molecule has 7 nitrogen and oxygen atoms in total. The Morgan fingerprint density at radius 2 is 1.66 bits per heavy atom. The van der Waals surface area contributed by atoms with Gasteiger partial charge in [-0.3, -0.25) is 25.5 Å². The second-order valence-corrected chi connectivity index (χ2v) is 5.85. The maximum atomic E-state index is 13.0. The fourth-order valence-electron chi connectivity index (χ4n) is 2.52. The van der Waals surface area contributed by atoms with Crippen molar-refractivity contribution in [3.8, 4) is 17.0 Å². The van der Waals surface area contributed by atoms with Crippen LogP contribution < -0.4 is 15.6 Å². The molecule has 0 atom stereocenters. The van der Waals surface area contributed by atoms with Crippen LogP contribution in [0.1, 0.15) is 26.4 Å². The summed E-state index contributed by atoms with van der Waals surface area (Å²) in [5.41, 5.74) is 3.51. The number of halogens is 3. The number of H-pyrrole nitrogens is 1. The zero-order chi connectivity index (χ0) is 21.0. The van der Waals surface area contributed by atoms with E-state index in [1.165, 1.54) is 25.3 Å². The molecular formula is C19H15F3N4O3. The Labute approximate surface area is 162 Å². The van der Waals surface area contributed by atoms with E-state index in [0.717, 1.165) is 12.1 Å². The first-order valence-corrected chi connectivity index (χ1v) is 8.26. The van der Waals surface area contributed by atoms with Crippen LogP contribution in [0.3, 0.4) is 0 Å². The summed E-state index contributed by atoms with van der Waals surface area (Å²) in [6.07, 6.45) is -4.70. The van der Waals surface area contributed by atoms with E-state index in [-0.39, 0.29) is 5.69 Å². The summed E-state index contributed by atoms with van der Waals surface area (Å²) in [6, 6.07) is 12.6. The summed E-state index contributed by atoms with van der Waals surface area (Å²) < 4.78 is 44.1. The molecular weight excluding hydrogens is 389 g/mol. The number of methoxy groups -OCH3 is 1. The molecule has 0 spiro atoms.